The molecule has 6 nitrogen and oxygen atoms in total. The van der Waals surface area contributed by atoms with E-state index in [1.54, 1.807) is 0 Å². The maximum Gasteiger partial charge on any atom is 0.344 e. The first-order chi connectivity index (χ1) is 8.59. The molecule has 94 valence electrons. The van der Waals surface area contributed by atoms with Crippen LogP contribution in [0, 0.1) is 0 Å². The zero-order valence-electron chi connectivity index (χ0n) is 9.83. The zero-order valence-corrected chi connectivity index (χ0v) is 9.83. The number of aromatic nitrogens is 3. The molecule has 0 aliphatic heterocycles. The van der Waals surface area contributed by atoms with E-state index in [1.165, 1.54) is 6.92 Å². The Morgan fingerprint density at radius 2 is 2.11 bits per heavy atom. The summed E-state index contributed by atoms with van der Waals surface area (Å²) in [4.78, 5) is 22.5. The van der Waals surface area contributed by atoms with Crippen molar-refractivity contribution in [3.63, 3.8) is 0 Å². The van der Waals surface area contributed by atoms with Crippen LogP contribution in [0.25, 0.3) is 0 Å². The van der Waals surface area contributed by atoms with E-state index in [1.807, 2.05) is 30.3 Å². The minimum absolute atomic E-state index is 0.414. The van der Waals surface area contributed by atoms with Gasteiger partial charge in [0.2, 0.25) is 0 Å². The van der Waals surface area contributed by atoms with Crippen molar-refractivity contribution >= 4 is 5.97 Å². The summed E-state index contributed by atoms with van der Waals surface area (Å²) in [6.07, 6.45) is 0.414. The molecule has 0 aliphatic rings. The van der Waals surface area contributed by atoms with Gasteiger partial charge in [-0.05, 0) is 12.5 Å². The summed E-state index contributed by atoms with van der Waals surface area (Å²) in [6.45, 7) is 1.45. The van der Waals surface area contributed by atoms with E-state index in [2.05, 4.69) is 10.2 Å². The van der Waals surface area contributed by atoms with Crippen molar-refractivity contribution in [2.45, 2.75) is 19.4 Å². The smallest absolute Gasteiger partial charge is 0.344 e. The van der Waals surface area contributed by atoms with E-state index in [0.29, 0.717) is 12.2 Å². The van der Waals surface area contributed by atoms with Gasteiger partial charge in [0.1, 0.15) is 11.9 Å². The Hall–Kier alpha value is -2.37. The largest absolute Gasteiger partial charge is 0.480 e. The number of nitrogens with zero attached hydrogens (tertiary/aromatic N) is 2. The second-order valence-electron chi connectivity index (χ2n) is 3.99. The van der Waals surface area contributed by atoms with E-state index in [0.717, 1.165) is 10.1 Å². The molecule has 0 radical (unpaired) electrons. The highest BCUT2D eigenvalue weighted by Gasteiger charge is 2.20. The number of benzene rings is 1. The second kappa shape index (κ2) is 4.87. The molecule has 0 bridgehead atoms. The maximum absolute atomic E-state index is 11.6. The molecule has 0 spiro atoms. The Kier molecular flexibility index (Phi) is 3.27. The molecule has 0 aliphatic carbocycles. The third-order valence-electron chi connectivity index (χ3n) is 2.73. The van der Waals surface area contributed by atoms with Crippen molar-refractivity contribution in [3.8, 4) is 0 Å². The van der Waals surface area contributed by atoms with E-state index in [4.69, 9.17) is 5.11 Å². The monoisotopic (exact) mass is 247 g/mol. The van der Waals surface area contributed by atoms with Crippen LogP contribution < -0.4 is 5.69 Å². The van der Waals surface area contributed by atoms with Gasteiger partial charge in [-0.3, -0.25) is 4.57 Å². The first-order valence-electron chi connectivity index (χ1n) is 5.52. The molecule has 1 atom stereocenters. The molecule has 2 rings (SSSR count). The van der Waals surface area contributed by atoms with Crippen LogP contribution in [0.5, 0.6) is 0 Å². The minimum atomic E-state index is -1.06. The van der Waals surface area contributed by atoms with Crippen molar-refractivity contribution in [1.29, 1.82) is 0 Å². The number of rotatable bonds is 4. The lowest BCUT2D eigenvalue weighted by Crippen LogP contribution is -2.27. The molecule has 1 heterocycles. The van der Waals surface area contributed by atoms with Crippen LogP contribution in [-0.4, -0.2) is 25.8 Å². The molecule has 0 saturated heterocycles. The summed E-state index contributed by atoms with van der Waals surface area (Å²) >= 11 is 0. The fourth-order valence-corrected chi connectivity index (χ4v) is 1.75. The maximum atomic E-state index is 11.6. The average molecular weight is 247 g/mol. The van der Waals surface area contributed by atoms with Gasteiger partial charge in [0, 0.05) is 6.42 Å². The van der Waals surface area contributed by atoms with Crippen LogP contribution >= 0.6 is 0 Å². The quantitative estimate of drug-likeness (QED) is 0.836. The number of H-pyrrole nitrogens is 1. The van der Waals surface area contributed by atoms with Crippen LogP contribution in [0.3, 0.4) is 0 Å². The number of nitrogens with one attached hydrogen (secondary N) is 1. The number of carboxylic acid groups (broad SMARTS) is 1. The van der Waals surface area contributed by atoms with E-state index in [-0.39, 0.29) is 0 Å². The first-order valence-corrected chi connectivity index (χ1v) is 5.52. The molecule has 0 saturated carbocycles. The van der Waals surface area contributed by atoms with Crippen molar-refractivity contribution in [3.05, 3.63) is 52.2 Å². The molecule has 1 unspecified atom stereocenters. The number of aliphatic carboxylic acids is 1. The summed E-state index contributed by atoms with van der Waals surface area (Å²) < 4.78 is 1.16. The fourth-order valence-electron chi connectivity index (χ4n) is 1.75. The molecule has 0 fully saturated rings. The summed E-state index contributed by atoms with van der Waals surface area (Å²) in [5.41, 5.74) is 0.464. The summed E-state index contributed by atoms with van der Waals surface area (Å²) in [7, 11) is 0. The van der Waals surface area contributed by atoms with E-state index in [9.17, 15) is 9.59 Å². The SMILES string of the molecule is CC(C(=O)O)n1c(Cc2ccccc2)n[nH]c1=O. The van der Waals surface area contributed by atoms with Crippen LogP contribution in [0.1, 0.15) is 24.4 Å². The molecule has 1 aromatic heterocycles. The number of carbonyl (C=O) groups is 1. The van der Waals surface area contributed by atoms with Gasteiger partial charge in [-0.2, -0.15) is 5.10 Å². The van der Waals surface area contributed by atoms with Gasteiger partial charge in [-0.25, -0.2) is 14.7 Å². The lowest BCUT2D eigenvalue weighted by molar-refractivity contribution is -0.140. The van der Waals surface area contributed by atoms with Crippen molar-refractivity contribution in [1.82, 2.24) is 14.8 Å². The van der Waals surface area contributed by atoms with Gasteiger partial charge < -0.3 is 5.11 Å². The molecule has 6 heteroatoms. The Morgan fingerprint density at radius 3 is 2.72 bits per heavy atom. The Balaban J connectivity index is 2.35. The molecule has 0 amide bonds. The number of hydrogen-bond acceptors (Lipinski definition) is 3. The number of carboxylic acids is 1. The Morgan fingerprint density at radius 1 is 1.44 bits per heavy atom. The molecule has 2 N–H and O–H groups in total. The molecule has 1 aromatic carbocycles. The number of aromatic amines is 1. The van der Waals surface area contributed by atoms with Crippen molar-refractivity contribution in [2.24, 2.45) is 0 Å². The highest BCUT2D eigenvalue weighted by Crippen LogP contribution is 2.10. The predicted molar refractivity (Wildman–Crippen MR) is 64.4 cm³/mol. The third kappa shape index (κ3) is 2.32. The van der Waals surface area contributed by atoms with Crippen molar-refractivity contribution < 1.29 is 9.90 Å². The molecule has 18 heavy (non-hydrogen) atoms. The highest BCUT2D eigenvalue weighted by atomic mass is 16.4. The second-order valence-corrected chi connectivity index (χ2v) is 3.99. The fraction of sp³-hybridized carbons (Fsp3) is 0.250. The average Bonchev–Trinajstić information content (AvgIpc) is 2.71. The van der Waals surface area contributed by atoms with E-state index < -0.39 is 17.7 Å². The van der Waals surface area contributed by atoms with Gasteiger partial charge in [-0.15, -0.1) is 0 Å². The van der Waals surface area contributed by atoms with Crippen molar-refractivity contribution in [2.75, 3.05) is 0 Å². The zero-order chi connectivity index (χ0) is 13.1. The summed E-state index contributed by atoms with van der Waals surface area (Å²) in [6, 6.07) is 8.51. The molecular formula is C12H13N3O3. The standard InChI is InChI=1S/C12H13N3O3/c1-8(11(16)17)15-10(13-14-12(15)18)7-9-5-3-2-4-6-9/h2-6,8H,7H2,1H3,(H,14,18)(H,16,17). The van der Waals surface area contributed by atoms with Crippen LogP contribution in [-0.2, 0) is 11.2 Å². The molecule has 2 aromatic rings. The van der Waals surface area contributed by atoms with E-state index >= 15 is 0 Å². The highest BCUT2D eigenvalue weighted by molar-refractivity contribution is 5.71. The lowest BCUT2D eigenvalue weighted by atomic mass is 10.1. The van der Waals surface area contributed by atoms with Gasteiger partial charge in [0.05, 0.1) is 0 Å². The van der Waals surface area contributed by atoms with Crippen LogP contribution in [0.15, 0.2) is 35.1 Å². The van der Waals surface area contributed by atoms with Gasteiger partial charge in [-0.1, -0.05) is 30.3 Å². The third-order valence-corrected chi connectivity index (χ3v) is 2.73. The van der Waals surface area contributed by atoms with Gasteiger partial charge in [0.15, 0.2) is 0 Å². The normalized spacial score (nSPS) is 12.3. The Labute approximate surface area is 103 Å². The van der Waals surface area contributed by atoms with Crippen LogP contribution in [0.4, 0.5) is 0 Å². The van der Waals surface area contributed by atoms with Crippen LogP contribution in [0.2, 0.25) is 0 Å². The topological polar surface area (TPSA) is 88.0 Å². The Bertz CT molecular complexity index is 601. The first kappa shape index (κ1) is 12.1. The van der Waals surface area contributed by atoms with Gasteiger partial charge >= 0.3 is 11.7 Å². The summed E-state index contributed by atoms with van der Waals surface area (Å²) in [5.74, 6) is -0.645. The van der Waals surface area contributed by atoms with Gasteiger partial charge in [0.25, 0.3) is 0 Å². The lowest BCUT2D eigenvalue weighted by Gasteiger charge is -2.09. The minimum Gasteiger partial charge on any atom is -0.480 e. The molecular weight excluding hydrogens is 234 g/mol. The number of hydrogen-bond donors (Lipinski definition) is 2. The predicted octanol–water partition coefficient (Wildman–Crippen LogP) is 0.808. The summed E-state index contributed by atoms with van der Waals surface area (Å²) in [5, 5.41) is 15.1.